The minimum Gasteiger partial charge on any atom is -0.444 e. The van der Waals surface area contributed by atoms with Gasteiger partial charge < -0.3 is 9.26 Å². The van der Waals surface area contributed by atoms with Crippen molar-refractivity contribution in [1.82, 2.24) is 10.1 Å². The van der Waals surface area contributed by atoms with E-state index in [9.17, 15) is 4.79 Å². The molecule has 0 bridgehead atoms. The summed E-state index contributed by atoms with van der Waals surface area (Å²) in [5.74, 6) is 1.29. The molecule has 0 radical (unpaired) electrons. The zero-order chi connectivity index (χ0) is 16.2. The lowest BCUT2D eigenvalue weighted by molar-refractivity contribution is 0.0636. The van der Waals surface area contributed by atoms with E-state index < -0.39 is 11.7 Å². The van der Waals surface area contributed by atoms with Gasteiger partial charge in [-0.05, 0) is 38.5 Å². The first-order valence-electron chi connectivity index (χ1n) is 7.26. The molecule has 6 nitrogen and oxygen atoms in total. The molecule has 1 amide bonds. The van der Waals surface area contributed by atoms with Crippen LogP contribution in [0.15, 0.2) is 28.8 Å². The predicted octanol–water partition coefficient (Wildman–Crippen LogP) is 3.57. The molecule has 1 N–H and O–H groups in total. The average Bonchev–Trinajstić information content (AvgIpc) is 2.86. The molecule has 1 heterocycles. The Kier molecular flexibility index (Phi) is 4.80. The first-order valence-corrected chi connectivity index (χ1v) is 7.26. The summed E-state index contributed by atoms with van der Waals surface area (Å²) in [6.45, 7) is 7.45. The Labute approximate surface area is 129 Å². The van der Waals surface area contributed by atoms with Crippen molar-refractivity contribution in [2.45, 2.75) is 46.1 Å². The molecule has 2 rings (SSSR count). The minimum atomic E-state index is -0.515. The largest absolute Gasteiger partial charge is 0.444 e. The van der Waals surface area contributed by atoms with Crippen molar-refractivity contribution >= 4 is 11.8 Å². The van der Waals surface area contributed by atoms with Crippen LogP contribution in [0.2, 0.25) is 0 Å². The maximum atomic E-state index is 11.7. The van der Waals surface area contributed by atoms with Crippen molar-refractivity contribution in [3.8, 4) is 0 Å². The quantitative estimate of drug-likeness (QED) is 0.934. The number of nitrogens with one attached hydrogen (secondary N) is 1. The number of rotatable bonds is 4. The Bertz CT molecular complexity index is 627. The summed E-state index contributed by atoms with van der Waals surface area (Å²) < 4.78 is 10.4. The minimum absolute atomic E-state index is 0.468. The second-order valence-corrected chi connectivity index (χ2v) is 5.96. The highest BCUT2D eigenvalue weighted by molar-refractivity contribution is 5.84. The highest BCUT2D eigenvalue weighted by atomic mass is 16.6. The van der Waals surface area contributed by atoms with Crippen molar-refractivity contribution in [3.63, 3.8) is 0 Å². The van der Waals surface area contributed by atoms with E-state index in [-0.39, 0.29) is 0 Å². The van der Waals surface area contributed by atoms with Gasteiger partial charge in [-0.1, -0.05) is 24.2 Å². The average molecular weight is 303 g/mol. The number of nitrogens with zero attached hydrogens (tertiary/aromatic N) is 2. The number of carbonyl (C=O) groups is 1. The fraction of sp³-hybridized carbons (Fsp3) is 0.438. The number of ether oxygens (including phenoxy) is 1. The van der Waals surface area contributed by atoms with Gasteiger partial charge in [0, 0.05) is 12.1 Å². The molecule has 0 spiro atoms. The molecule has 0 aliphatic heterocycles. The highest BCUT2D eigenvalue weighted by Crippen LogP contribution is 2.15. The van der Waals surface area contributed by atoms with Crippen LogP contribution in [0, 0.1) is 0 Å². The van der Waals surface area contributed by atoms with E-state index in [0.717, 1.165) is 12.0 Å². The zero-order valence-corrected chi connectivity index (χ0v) is 13.3. The van der Waals surface area contributed by atoms with E-state index in [2.05, 4.69) is 15.5 Å². The van der Waals surface area contributed by atoms with E-state index in [1.165, 1.54) is 0 Å². The van der Waals surface area contributed by atoms with Crippen LogP contribution in [0.4, 0.5) is 10.5 Å². The van der Waals surface area contributed by atoms with E-state index in [4.69, 9.17) is 9.26 Å². The van der Waals surface area contributed by atoms with E-state index >= 15 is 0 Å². The molecule has 0 unspecified atom stereocenters. The van der Waals surface area contributed by atoms with Crippen LogP contribution in [-0.2, 0) is 17.6 Å². The number of hydrogen-bond acceptors (Lipinski definition) is 5. The summed E-state index contributed by atoms with van der Waals surface area (Å²) in [5.41, 5.74) is 1.19. The molecule has 0 atom stereocenters. The van der Waals surface area contributed by atoms with Crippen LogP contribution >= 0.6 is 0 Å². The second kappa shape index (κ2) is 6.60. The third kappa shape index (κ3) is 4.87. The van der Waals surface area contributed by atoms with Gasteiger partial charge in [-0.3, -0.25) is 5.32 Å². The lowest BCUT2D eigenvalue weighted by Gasteiger charge is -2.19. The molecular formula is C16H21N3O3. The molecule has 0 saturated carbocycles. The molecule has 0 aliphatic carbocycles. The van der Waals surface area contributed by atoms with Crippen LogP contribution in [-0.4, -0.2) is 21.8 Å². The van der Waals surface area contributed by atoms with Crippen molar-refractivity contribution in [2.75, 3.05) is 5.32 Å². The third-order valence-corrected chi connectivity index (χ3v) is 2.78. The number of aryl methyl sites for hydroxylation is 1. The summed E-state index contributed by atoms with van der Waals surface area (Å²) in [6.07, 6.45) is 0.854. The van der Waals surface area contributed by atoms with Gasteiger partial charge >= 0.3 is 6.09 Å². The van der Waals surface area contributed by atoms with Gasteiger partial charge in [-0.25, -0.2) is 4.79 Å². The van der Waals surface area contributed by atoms with Crippen molar-refractivity contribution < 1.29 is 14.1 Å². The van der Waals surface area contributed by atoms with Crippen LogP contribution in [0.5, 0.6) is 0 Å². The van der Waals surface area contributed by atoms with Gasteiger partial charge in [0.25, 0.3) is 0 Å². The van der Waals surface area contributed by atoms with Gasteiger partial charge in [0.1, 0.15) is 5.60 Å². The molecule has 118 valence electrons. The predicted molar refractivity (Wildman–Crippen MR) is 82.8 cm³/mol. The van der Waals surface area contributed by atoms with Crippen LogP contribution in [0.25, 0.3) is 0 Å². The van der Waals surface area contributed by atoms with Crippen molar-refractivity contribution in [3.05, 3.63) is 41.5 Å². The highest BCUT2D eigenvalue weighted by Gasteiger charge is 2.16. The normalized spacial score (nSPS) is 11.3. The third-order valence-electron chi connectivity index (χ3n) is 2.78. The van der Waals surface area contributed by atoms with E-state index in [1.807, 2.05) is 52.0 Å². The Hall–Kier alpha value is -2.37. The van der Waals surface area contributed by atoms with Crippen molar-refractivity contribution in [1.29, 1.82) is 0 Å². The smallest absolute Gasteiger partial charge is 0.412 e. The molecule has 1 aromatic heterocycles. The molecule has 2 aromatic rings. The van der Waals surface area contributed by atoms with Crippen LogP contribution in [0.1, 0.15) is 45.0 Å². The van der Waals surface area contributed by atoms with Gasteiger partial charge in [-0.2, -0.15) is 4.98 Å². The Morgan fingerprint density at radius 1 is 1.27 bits per heavy atom. The Morgan fingerprint density at radius 3 is 2.50 bits per heavy atom. The summed E-state index contributed by atoms with van der Waals surface area (Å²) in [5, 5.41) is 6.55. The molecule has 22 heavy (non-hydrogen) atoms. The molecular weight excluding hydrogens is 282 g/mol. The summed E-state index contributed by atoms with van der Waals surface area (Å²) >= 11 is 0. The monoisotopic (exact) mass is 303 g/mol. The lowest BCUT2D eigenvalue weighted by atomic mass is 10.1. The SMILES string of the molecule is CCc1noc(Cc2ccc(NC(=O)OC(C)(C)C)cc2)n1. The summed E-state index contributed by atoms with van der Waals surface area (Å²) in [6, 6.07) is 7.44. The molecule has 6 heteroatoms. The number of anilines is 1. The molecule has 0 aliphatic rings. The number of aromatic nitrogens is 2. The van der Waals surface area contributed by atoms with Gasteiger partial charge in [0.05, 0.1) is 6.42 Å². The summed E-state index contributed by atoms with van der Waals surface area (Å²) in [7, 11) is 0. The van der Waals surface area contributed by atoms with Gasteiger partial charge in [0.2, 0.25) is 5.89 Å². The summed E-state index contributed by atoms with van der Waals surface area (Å²) in [4.78, 5) is 15.9. The first kappa shape index (κ1) is 16.0. The fourth-order valence-electron chi connectivity index (χ4n) is 1.81. The zero-order valence-electron chi connectivity index (χ0n) is 13.3. The maximum Gasteiger partial charge on any atom is 0.412 e. The number of hydrogen-bond donors (Lipinski definition) is 1. The Morgan fingerprint density at radius 2 is 1.95 bits per heavy atom. The molecule has 0 fully saturated rings. The second-order valence-electron chi connectivity index (χ2n) is 5.96. The van der Waals surface area contributed by atoms with E-state index in [0.29, 0.717) is 23.8 Å². The lowest BCUT2D eigenvalue weighted by Crippen LogP contribution is -2.27. The fourth-order valence-corrected chi connectivity index (χ4v) is 1.81. The van der Waals surface area contributed by atoms with Crippen LogP contribution < -0.4 is 5.32 Å². The number of amides is 1. The van der Waals surface area contributed by atoms with Crippen molar-refractivity contribution in [2.24, 2.45) is 0 Å². The standard InChI is InChI=1S/C16H21N3O3/c1-5-13-18-14(22-19-13)10-11-6-8-12(9-7-11)17-15(20)21-16(2,3)4/h6-9H,5,10H2,1-4H3,(H,17,20). The Balaban J connectivity index is 1.94. The van der Waals surface area contributed by atoms with Gasteiger partial charge in [0.15, 0.2) is 5.82 Å². The number of carbonyl (C=O) groups excluding carboxylic acids is 1. The van der Waals surface area contributed by atoms with Crippen LogP contribution in [0.3, 0.4) is 0 Å². The van der Waals surface area contributed by atoms with E-state index in [1.54, 1.807) is 0 Å². The molecule has 0 saturated heterocycles. The van der Waals surface area contributed by atoms with Gasteiger partial charge in [-0.15, -0.1) is 0 Å². The maximum absolute atomic E-state index is 11.7. The first-order chi connectivity index (χ1) is 10.4. The molecule has 1 aromatic carbocycles. The number of benzene rings is 1. The topological polar surface area (TPSA) is 77.2 Å².